The van der Waals surface area contributed by atoms with E-state index in [2.05, 4.69) is 42.5 Å². The van der Waals surface area contributed by atoms with Gasteiger partial charge in [0.2, 0.25) is 11.9 Å². The molecule has 0 unspecified atom stereocenters. The number of carbonyl (C=O) groups excluding carboxylic acids is 2. The SMILES string of the molecule is CC(C)(C)OC(=O)N1Cc2nc(N)nc(I)c2C1.CCOC(=O)N1Cc2nc(N)nc(Cl)c2C1. The molecule has 2 aromatic rings. The number of nitrogens with zero attached hydrogens (tertiary/aromatic N) is 6. The van der Waals surface area contributed by atoms with Crippen molar-refractivity contribution in [2.45, 2.75) is 59.5 Å². The molecule has 4 rings (SSSR count). The summed E-state index contributed by atoms with van der Waals surface area (Å²) >= 11 is 8.02. The quantitative estimate of drug-likeness (QED) is 0.365. The van der Waals surface area contributed by atoms with Gasteiger partial charge in [0.15, 0.2) is 0 Å². The highest BCUT2D eigenvalue weighted by atomic mass is 127. The van der Waals surface area contributed by atoms with Gasteiger partial charge in [-0.2, -0.15) is 0 Å². The standard InChI is InChI=1S/C11H15IN4O2.C9H11ClN4O2/c1-11(2,3)18-10(17)16-4-6-7(5-16)14-9(13)15-8(6)12;1-2-16-9(15)14-3-5-6(4-14)12-8(11)13-7(5)10/h4-5H2,1-3H3,(H2,13,14,15);2-4H2,1H3,(H2,11,12,13). The van der Waals surface area contributed by atoms with Crippen molar-refractivity contribution in [1.29, 1.82) is 0 Å². The van der Waals surface area contributed by atoms with Gasteiger partial charge in [-0.15, -0.1) is 0 Å². The van der Waals surface area contributed by atoms with Gasteiger partial charge in [0, 0.05) is 11.1 Å². The van der Waals surface area contributed by atoms with E-state index in [9.17, 15) is 9.59 Å². The predicted octanol–water partition coefficient (Wildman–Crippen LogP) is 3.10. The number of hydrogen-bond donors (Lipinski definition) is 2. The fraction of sp³-hybridized carbons (Fsp3) is 0.500. The second-order valence-electron chi connectivity index (χ2n) is 8.49. The number of ether oxygens (including phenoxy) is 2. The zero-order valence-electron chi connectivity index (χ0n) is 19.3. The number of carbonyl (C=O) groups is 2. The monoisotopic (exact) mass is 604 g/mol. The fourth-order valence-corrected chi connectivity index (χ4v) is 4.25. The summed E-state index contributed by atoms with van der Waals surface area (Å²) in [7, 11) is 0. The number of nitrogens with two attached hydrogens (primary N) is 2. The van der Waals surface area contributed by atoms with Crippen LogP contribution in [-0.4, -0.2) is 54.1 Å². The van der Waals surface area contributed by atoms with Gasteiger partial charge >= 0.3 is 12.2 Å². The lowest BCUT2D eigenvalue weighted by Gasteiger charge is -2.23. The van der Waals surface area contributed by atoms with E-state index in [4.69, 9.17) is 32.5 Å². The molecule has 0 atom stereocenters. The topological polar surface area (TPSA) is 163 Å². The molecule has 2 aromatic heterocycles. The normalized spacial score (nSPS) is 14.2. The molecule has 12 nitrogen and oxygen atoms in total. The van der Waals surface area contributed by atoms with Crippen LogP contribution in [0.3, 0.4) is 0 Å². The summed E-state index contributed by atoms with van der Waals surface area (Å²) < 4.78 is 11.0. The third kappa shape index (κ3) is 6.25. The summed E-state index contributed by atoms with van der Waals surface area (Å²) in [6, 6.07) is 0. The van der Waals surface area contributed by atoms with E-state index in [1.165, 1.54) is 4.90 Å². The molecule has 2 amide bonds. The number of halogens is 2. The van der Waals surface area contributed by atoms with Crippen LogP contribution in [-0.2, 0) is 35.7 Å². The summed E-state index contributed by atoms with van der Waals surface area (Å²) in [5.74, 6) is 0.360. The van der Waals surface area contributed by atoms with Crippen LogP contribution in [0.2, 0.25) is 5.15 Å². The molecule has 0 bridgehead atoms. The molecule has 0 saturated heterocycles. The Morgan fingerprint density at radius 2 is 1.47 bits per heavy atom. The molecule has 2 aliphatic rings. The molecule has 34 heavy (non-hydrogen) atoms. The number of nitrogen functional groups attached to an aromatic ring is 2. The molecule has 14 heteroatoms. The van der Waals surface area contributed by atoms with Crippen LogP contribution in [0.5, 0.6) is 0 Å². The molecule has 0 radical (unpaired) electrons. The summed E-state index contributed by atoms with van der Waals surface area (Å²) in [6.07, 6.45) is -0.718. The molecule has 4 N–H and O–H groups in total. The average molecular weight is 605 g/mol. The summed E-state index contributed by atoms with van der Waals surface area (Å²) in [6.45, 7) is 9.25. The van der Waals surface area contributed by atoms with Crippen molar-refractivity contribution in [3.8, 4) is 0 Å². The van der Waals surface area contributed by atoms with Crippen molar-refractivity contribution < 1.29 is 19.1 Å². The first kappa shape index (κ1) is 25.9. The number of hydrogen-bond acceptors (Lipinski definition) is 10. The van der Waals surface area contributed by atoms with Crippen LogP contribution < -0.4 is 11.5 Å². The zero-order valence-corrected chi connectivity index (χ0v) is 22.2. The highest BCUT2D eigenvalue weighted by Crippen LogP contribution is 2.28. The second-order valence-corrected chi connectivity index (χ2v) is 9.87. The largest absolute Gasteiger partial charge is 0.450 e. The minimum absolute atomic E-state index is 0.120. The van der Waals surface area contributed by atoms with Crippen molar-refractivity contribution in [3.63, 3.8) is 0 Å². The van der Waals surface area contributed by atoms with Gasteiger partial charge in [0.05, 0.1) is 44.2 Å². The van der Waals surface area contributed by atoms with E-state index < -0.39 is 5.60 Å². The first-order valence-corrected chi connectivity index (χ1v) is 11.8. The minimum Gasteiger partial charge on any atom is -0.450 e. The van der Waals surface area contributed by atoms with Gasteiger partial charge in [-0.1, -0.05) is 11.6 Å². The molecule has 2 aliphatic heterocycles. The smallest absolute Gasteiger partial charge is 0.410 e. The second kappa shape index (κ2) is 10.3. The number of aromatic nitrogens is 4. The highest BCUT2D eigenvalue weighted by Gasteiger charge is 2.31. The highest BCUT2D eigenvalue weighted by molar-refractivity contribution is 14.1. The van der Waals surface area contributed by atoms with E-state index >= 15 is 0 Å². The lowest BCUT2D eigenvalue weighted by molar-refractivity contribution is 0.0240. The molecule has 0 spiro atoms. The Labute approximate surface area is 215 Å². The van der Waals surface area contributed by atoms with Gasteiger partial charge in [-0.25, -0.2) is 29.5 Å². The maximum absolute atomic E-state index is 11.9. The predicted molar refractivity (Wildman–Crippen MR) is 132 cm³/mol. The van der Waals surface area contributed by atoms with Gasteiger partial charge in [-0.3, -0.25) is 9.80 Å². The maximum Gasteiger partial charge on any atom is 0.410 e. The van der Waals surface area contributed by atoms with E-state index in [1.54, 1.807) is 11.8 Å². The molecule has 0 aliphatic carbocycles. The van der Waals surface area contributed by atoms with Crippen molar-refractivity contribution in [1.82, 2.24) is 29.7 Å². The van der Waals surface area contributed by atoms with Gasteiger partial charge in [0.1, 0.15) is 14.5 Å². The van der Waals surface area contributed by atoms with E-state index in [-0.39, 0.29) is 24.1 Å². The molecular weight excluding hydrogens is 579 g/mol. The number of fused-ring (bicyclic) bond motifs is 2. The molecule has 184 valence electrons. The van der Waals surface area contributed by atoms with E-state index in [0.29, 0.717) is 43.6 Å². The van der Waals surface area contributed by atoms with Crippen LogP contribution in [0.4, 0.5) is 21.5 Å². The van der Waals surface area contributed by atoms with Gasteiger partial charge in [-0.05, 0) is 50.3 Å². The van der Waals surface area contributed by atoms with E-state index in [1.807, 2.05) is 20.8 Å². The van der Waals surface area contributed by atoms with Crippen molar-refractivity contribution in [2.75, 3.05) is 18.1 Å². The summed E-state index contributed by atoms with van der Waals surface area (Å²) in [5, 5.41) is 0.300. The number of amides is 2. The third-order valence-corrected chi connectivity index (χ3v) is 5.88. The van der Waals surface area contributed by atoms with Crippen LogP contribution >= 0.6 is 34.2 Å². The van der Waals surface area contributed by atoms with Crippen LogP contribution in [0.15, 0.2) is 0 Å². The minimum atomic E-state index is -0.496. The van der Waals surface area contributed by atoms with Crippen molar-refractivity contribution in [3.05, 3.63) is 31.4 Å². The Kier molecular flexibility index (Phi) is 7.85. The Morgan fingerprint density at radius 3 is 2.06 bits per heavy atom. The fourth-order valence-electron chi connectivity index (χ4n) is 3.26. The Hall–Kier alpha value is -2.68. The molecule has 4 heterocycles. The molecule has 0 saturated carbocycles. The summed E-state index contributed by atoms with van der Waals surface area (Å²) in [4.78, 5) is 42.7. The Balaban J connectivity index is 0.000000192. The van der Waals surface area contributed by atoms with Gasteiger partial charge in [0.25, 0.3) is 0 Å². The molecule has 0 fully saturated rings. The zero-order chi connectivity index (χ0) is 25.2. The van der Waals surface area contributed by atoms with Crippen molar-refractivity contribution in [2.24, 2.45) is 0 Å². The Bertz CT molecular complexity index is 1110. The molecular formula is C20H26ClIN8O4. The first-order valence-electron chi connectivity index (χ1n) is 10.4. The average Bonchev–Trinajstić information content (AvgIpc) is 3.32. The van der Waals surface area contributed by atoms with Gasteiger partial charge < -0.3 is 20.9 Å². The van der Waals surface area contributed by atoms with Crippen LogP contribution in [0, 0.1) is 3.70 Å². The lowest BCUT2D eigenvalue weighted by Crippen LogP contribution is -2.33. The van der Waals surface area contributed by atoms with Crippen LogP contribution in [0.25, 0.3) is 0 Å². The lowest BCUT2D eigenvalue weighted by atomic mass is 10.2. The van der Waals surface area contributed by atoms with Crippen LogP contribution in [0.1, 0.15) is 50.2 Å². The number of rotatable bonds is 1. The van der Waals surface area contributed by atoms with E-state index in [0.717, 1.165) is 20.5 Å². The third-order valence-electron chi connectivity index (χ3n) is 4.68. The maximum atomic E-state index is 11.9. The summed E-state index contributed by atoms with van der Waals surface area (Å²) in [5.41, 5.74) is 13.8. The molecule has 0 aromatic carbocycles. The number of anilines is 2. The first-order chi connectivity index (χ1) is 15.9. The Morgan fingerprint density at radius 1 is 0.941 bits per heavy atom. The van der Waals surface area contributed by atoms with Crippen molar-refractivity contribution >= 4 is 58.3 Å².